The molecular weight excluding hydrogens is 342 g/mol. The largest absolute Gasteiger partial charge is 0.457 e. The standard InChI is InChI=1S/C21H21N3OS/c22-13-18-15-26-21(16-5-4-12-23-14-16)24(18)17-8-10-20(11-9-17)25-19-6-2-1-3-7-19/h1-12,14,18,21H,13,15,22H2. The van der Waals surface area contributed by atoms with Gasteiger partial charge in [-0.3, -0.25) is 4.98 Å². The van der Waals surface area contributed by atoms with Crippen LogP contribution in [0.1, 0.15) is 10.9 Å². The fraction of sp³-hybridized carbons (Fsp3) is 0.190. The van der Waals surface area contributed by atoms with Crippen molar-refractivity contribution in [2.75, 3.05) is 17.2 Å². The number of benzene rings is 2. The minimum atomic E-state index is 0.234. The first-order chi connectivity index (χ1) is 12.8. The zero-order valence-electron chi connectivity index (χ0n) is 14.4. The molecule has 1 aromatic heterocycles. The molecule has 1 aliphatic heterocycles. The average molecular weight is 363 g/mol. The third-order valence-electron chi connectivity index (χ3n) is 4.45. The quantitative estimate of drug-likeness (QED) is 0.726. The summed E-state index contributed by atoms with van der Waals surface area (Å²) in [6.45, 7) is 0.631. The van der Waals surface area contributed by atoms with E-state index >= 15 is 0 Å². The molecule has 0 radical (unpaired) electrons. The number of ether oxygens (including phenoxy) is 1. The molecule has 2 unspecified atom stereocenters. The summed E-state index contributed by atoms with van der Waals surface area (Å²) in [5.74, 6) is 2.68. The molecule has 2 aromatic carbocycles. The van der Waals surface area contributed by atoms with E-state index in [-0.39, 0.29) is 5.37 Å². The SMILES string of the molecule is NCC1CSC(c2cccnc2)N1c1ccc(Oc2ccccc2)cc1. The normalized spacial score (nSPS) is 19.5. The maximum absolute atomic E-state index is 6.04. The maximum Gasteiger partial charge on any atom is 0.127 e. The van der Waals surface area contributed by atoms with Gasteiger partial charge < -0.3 is 15.4 Å². The second-order valence-electron chi connectivity index (χ2n) is 6.18. The van der Waals surface area contributed by atoms with E-state index in [1.807, 2.05) is 72.7 Å². The lowest BCUT2D eigenvalue weighted by atomic mass is 10.1. The summed E-state index contributed by atoms with van der Waals surface area (Å²) in [6, 6.07) is 22.5. The lowest BCUT2D eigenvalue weighted by molar-refractivity contribution is 0.482. The van der Waals surface area contributed by atoms with Gasteiger partial charge in [0, 0.05) is 35.9 Å². The first-order valence-corrected chi connectivity index (χ1v) is 9.73. The average Bonchev–Trinajstić information content (AvgIpc) is 3.14. The third-order valence-corrected chi connectivity index (χ3v) is 5.84. The second kappa shape index (κ2) is 7.81. The Labute approximate surface area is 158 Å². The molecule has 3 aromatic rings. The Hall–Kier alpha value is -2.50. The molecule has 2 N–H and O–H groups in total. The highest BCUT2D eigenvalue weighted by atomic mass is 32.2. The maximum atomic E-state index is 6.04. The highest BCUT2D eigenvalue weighted by Gasteiger charge is 2.34. The number of hydrogen-bond acceptors (Lipinski definition) is 5. The van der Waals surface area contributed by atoms with Gasteiger partial charge in [-0.1, -0.05) is 24.3 Å². The van der Waals surface area contributed by atoms with Gasteiger partial charge >= 0.3 is 0 Å². The Morgan fingerprint density at radius 2 is 1.77 bits per heavy atom. The number of nitrogens with two attached hydrogens (primary N) is 1. The van der Waals surface area contributed by atoms with Crippen LogP contribution in [0.2, 0.25) is 0 Å². The second-order valence-corrected chi connectivity index (χ2v) is 7.29. The van der Waals surface area contributed by atoms with E-state index < -0.39 is 0 Å². The van der Waals surface area contributed by atoms with Gasteiger partial charge in [0.15, 0.2) is 0 Å². The van der Waals surface area contributed by atoms with E-state index in [1.54, 1.807) is 0 Å². The van der Waals surface area contributed by atoms with Crippen LogP contribution >= 0.6 is 11.8 Å². The number of para-hydroxylation sites is 1. The van der Waals surface area contributed by atoms with Crippen LogP contribution in [0.25, 0.3) is 0 Å². The van der Waals surface area contributed by atoms with E-state index in [1.165, 1.54) is 5.56 Å². The summed E-state index contributed by atoms with van der Waals surface area (Å²) in [6.07, 6.45) is 3.75. The Bertz CT molecular complexity index is 827. The van der Waals surface area contributed by atoms with Crippen molar-refractivity contribution in [2.24, 2.45) is 5.73 Å². The summed E-state index contributed by atoms with van der Waals surface area (Å²) in [4.78, 5) is 6.67. The molecule has 132 valence electrons. The highest BCUT2D eigenvalue weighted by molar-refractivity contribution is 8.00. The van der Waals surface area contributed by atoms with Crippen LogP contribution in [0.5, 0.6) is 11.5 Å². The molecule has 5 heteroatoms. The highest BCUT2D eigenvalue weighted by Crippen LogP contribution is 2.44. The Morgan fingerprint density at radius 3 is 2.46 bits per heavy atom. The van der Waals surface area contributed by atoms with Crippen LogP contribution in [-0.4, -0.2) is 23.3 Å². The molecule has 4 rings (SSSR count). The number of rotatable bonds is 5. The molecule has 2 heterocycles. The Balaban J connectivity index is 1.57. The van der Waals surface area contributed by atoms with Crippen molar-refractivity contribution >= 4 is 17.4 Å². The minimum absolute atomic E-state index is 0.234. The lowest BCUT2D eigenvalue weighted by Gasteiger charge is -2.31. The van der Waals surface area contributed by atoms with Gasteiger partial charge in [-0.2, -0.15) is 0 Å². The van der Waals surface area contributed by atoms with Gasteiger partial charge in [0.1, 0.15) is 16.9 Å². The van der Waals surface area contributed by atoms with Crippen molar-refractivity contribution in [2.45, 2.75) is 11.4 Å². The first kappa shape index (κ1) is 16.9. The monoisotopic (exact) mass is 363 g/mol. The Kier molecular flexibility index (Phi) is 5.09. The van der Waals surface area contributed by atoms with Gasteiger partial charge in [-0.05, 0) is 42.5 Å². The molecule has 1 saturated heterocycles. The molecule has 1 fully saturated rings. The van der Waals surface area contributed by atoms with Gasteiger partial charge in [0.2, 0.25) is 0 Å². The molecule has 2 atom stereocenters. The number of pyridine rings is 1. The molecule has 0 spiro atoms. The molecular formula is C21H21N3OS. The van der Waals surface area contributed by atoms with Gasteiger partial charge in [0.05, 0.1) is 6.04 Å². The van der Waals surface area contributed by atoms with Crippen molar-refractivity contribution in [1.82, 2.24) is 4.98 Å². The van der Waals surface area contributed by atoms with E-state index in [2.05, 4.69) is 28.1 Å². The number of anilines is 1. The van der Waals surface area contributed by atoms with E-state index in [4.69, 9.17) is 10.5 Å². The minimum Gasteiger partial charge on any atom is -0.457 e. The zero-order valence-corrected chi connectivity index (χ0v) is 15.2. The molecule has 0 aliphatic carbocycles. The molecule has 0 saturated carbocycles. The van der Waals surface area contributed by atoms with Crippen LogP contribution in [-0.2, 0) is 0 Å². The van der Waals surface area contributed by atoms with Crippen LogP contribution in [0.15, 0.2) is 79.1 Å². The van der Waals surface area contributed by atoms with Crippen LogP contribution in [0.4, 0.5) is 5.69 Å². The molecule has 1 aliphatic rings. The van der Waals surface area contributed by atoms with E-state index in [0.29, 0.717) is 12.6 Å². The zero-order chi connectivity index (χ0) is 17.8. The van der Waals surface area contributed by atoms with Crippen LogP contribution in [0, 0.1) is 0 Å². The predicted molar refractivity (Wildman–Crippen MR) is 108 cm³/mol. The number of hydrogen-bond donors (Lipinski definition) is 1. The third kappa shape index (κ3) is 3.54. The number of aromatic nitrogens is 1. The van der Waals surface area contributed by atoms with Crippen molar-refractivity contribution in [3.63, 3.8) is 0 Å². The van der Waals surface area contributed by atoms with Gasteiger partial charge in [-0.25, -0.2) is 0 Å². The van der Waals surface area contributed by atoms with Crippen molar-refractivity contribution in [3.05, 3.63) is 84.7 Å². The summed E-state index contributed by atoms with van der Waals surface area (Å²) < 4.78 is 5.90. The molecule has 0 amide bonds. The fourth-order valence-corrected chi connectivity index (χ4v) is 4.66. The van der Waals surface area contributed by atoms with Gasteiger partial charge in [-0.15, -0.1) is 11.8 Å². The molecule has 0 bridgehead atoms. The summed E-state index contributed by atoms with van der Waals surface area (Å²) in [5, 5.41) is 0.234. The van der Waals surface area contributed by atoms with Crippen LogP contribution in [0.3, 0.4) is 0 Å². The fourth-order valence-electron chi connectivity index (χ4n) is 3.17. The van der Waals surface area contributed by atoms with Crippen molar-refractivity contribution in [1.29, 1.82) is 0 Å². The summed E-state index contributed by atoms with van der Waals surface area (Å²) in [5.41, 5.74) is 8.40. The van der Waals surface area contributed by atoms with Crippen molar-refractivity contribution in [3.8, 4) is 11.5 Å². The predicted octanol–water partition coefficient (Wildman–Crippen LogP) is 4.45. The lowest BCUT2D eigenvalue weighted by Crippen LogP contribution is -2.38. The van der Waals surface area contributed by atoms with Crippen LogP contribution < -0.4 is 15.4 Å². The smallest absolute Gasteiger partial charge is 0.127 e. The van der Waals surface area contributed by atoms with E-state index in [9.17, 15) is 0 Å². The number of thioether (sulfide) groups is 1. The summed E-state index contributed by atoms with van der Waals surface area (Å²) in [7, 11) is 0. The first-order valence-electron chi connectivity index (χ1n) is 8.68. The van der Waals surface area contributed by atoms with E-state index in [0.717, 1.165) is 22.9 Å². The molecule has 4 nitrogen and oxygen atoms in total. The Morgan fingerprint density at radius 1 is 1.00 bits per heavy atom. The van der Waals surface area contributed by atoms with Crippen molar-refractivity contribution < 1.29 is 4.74 Å². The number of nitrogens with zero attached hydrogens (tertiary/aromatic N) is 2. The topological polar surface area (TPSA) is 51.4 Å². The van der Waals surface area contributed by atoms with Gasteiger partial charge in [0.25, 0.3) is 0 Å². The summed E-state index contributed by atoms with van der Waals surface area (Å²) >= 11 is 1.91. The molecule has 26 heavy (non-hydrogen) atoms.